The van der Waals surface area contributed by atoms with Crippen molar-refractivity contribution < 1.29 is 24.2 Å². The third-order valence-electron chi connectivity index (χ3n) is 6.76. The van der Waals surface area contributed by atoms with Crippen LogP contribution in [0.25, 0.3) is 16.7 Å². The van der Waals surface area contributed by atoms with E-state index in [9.17, 15) is 14.7 Å². The highest BCUT2D eigenvalue weighted by Gasteiger charge is 2.46. The smallest absolute Gasteiger partial charge is 0.295 e. The molecule has 0 saturated carbocycles. The van der Waals surface area contributed by atoms with Gasteiger partial charge in [-0.2, -0.15) is 0 Å². The molecule has 5 rings (SSSR count). The first kappa shape index (κ1) is 25.7. The van der Waals surface area contributed by atoms with Crippen LogP contribution in [0, 0.1) is 0 Å². The molecule has 9 heteroatoms. The predicted molar refractivity (Wildman–Crippen MR) is 147 cm³/mol. The number of ketones is 1. The first-order valence-electron chi connectivity index (χ1n) is 11.8. The Morgan fingerprint density at radius 2 is 1.68 bits per heavy atom. The van der Waals surface area contributed by atoms with Crippen LogP contribution in [0.4, 0.5) is 0 Å². The molecule has 0 spiro atoms. The molecule has 7 nitrogen and oxygen atoms in total. The second-order valence-corrected chi connectivity index (χ2v) is 9.71. The van der Waals surface area contributed by atoms with Crippen LogP contribution in [0.5, 0.6) is 11.5 Å². The number of H-pyrrole nitrogens is 1. The number of aromatic nitrogens is 1. The Bertz CT molecular complexity index is 1580. The Morgan fingerprint density at radius 3 is 2.37 bits per heavy atom. The van der Waals surface area contributed by atoms with Gasteiger partial charge in [-0.3, -0.25) is 9.59 Å². The third kappa shape index (κ3) is 4.59. The summed E-state index contributed by atoms with van der Waals surface area (Å²) in [7, 11) is 3.14. The van der Waals surface area contributed by atoms with E-state index in [1.54, 1.807) is 49.6 Å². The lowest BCUT2D eigenvalue weighted by atomic mass is 9.95. The fraction of sp³-hybridized carbons (Fsp3) is 0.172. The van der Waals surface area contributed by atoms with Gasteiger partial charge in [0.2, 0.25) is 0 Å². The number of likely N-dealkylation sites (tertiary alicyclic amines) is 1. The molecule has 1 aliphatic rings. The number of benzene rings is 3. The molecule has 0 bridgehead atoms. The average molecular weight is 551 g/mol. The second-order valence-electron chi connectivity index (χ2n) is 8.86. The molecule has 194 valence electrons. The molecule has 2 N–H and O–H groups in total. The van der Waals surface area contributed by atoms with E-state index >= 15 is 0 Å². The van der Waals surface area contributed by atoms with E-state index in [0.29, 0.717) is 34.1 Å². The van der Waals surface area contributed by atoms with Crippen molar-refractivity contribution >= 4 is 51.6 Å². The summed E-state index contributed by atoms with van der Waals surface area (Å²) in [6.45, 7) is 0.206. The van der Waals surface area contributed by atoms with Gasteiger partial charge in [0.15, 0.2) is 0 Å². The molecular formula is C29H24Cl2N2O5. The number of ether oxygens (including phenoxy) is 2. The molecule has 1 amide bonds. The minimum absolute atomic E-state index is 0.0371. The van der Waals surface area contributed by atoms with Gasteiger partial charge in [0, 0.05) is 39.3 Å². The molecule has 1 saturated heterocycles. The number of aliphatic hydroxyl groups is 1. The monoisotopic (exact) mass is 550 g/mol. The number of halogens is 2. The van der Waals surface area contributed by atoms with Crippen LogP contribution >= 0.6 is 23.2 Å². The number of carbonyl (C=O) groups is 2. The van der Waals surface area contributed by atoms with Gasteiger partial charge in [-0.25, -0.2) is 0 Å². The molecule has 38 heavy (non-hydrogen) atoms. The van der Waals surface area contributed by atoms with E-state index in [4.69, 9.17) is 32.7 Å². The van der Waals surface area contributed by atoms with Gasteiger partial charge in [-0.15, -0.1) is 0 Å². The zero-order chi connectivity index (χ0) is 27.0. The second kappa shape index (κ2) is 10.4. The summed E-state index contributed by atoms with van der Waals surface area (Å²) in [5.74, 6) is -0.481. The van der Waals surface area contributed by atoms with Gasteiger partial charge in [-0.1, -0.05) is 29.3 Å². The fourth-order valence-corrected chi connectivity index (χ4v) is 5.31. The topological polar surface area (TPSA) is 91.9 Å². The number of hydrogen-bond donors (Lipinski definition) is 2. The van der Waals surface area contributed by atoms with Crippen LogP contribution in [0.15, 0.2) is 72.4 Å². The molecule has 1 fully saturated rings. The number of fused-ring (bicyclic) bond motifs is 1. The third-order valence-corrected chi connectivity index (χ3v) is 7.32. The Hall–Kier alpha value is -3.94. The van der Waals surface area contributed by atoms with Crippen molar-refractivity contribution in [2.45, 2.75) is 12.5 Å². The molecule has 3 aromatic carbocycles. The van der Waals surface area contributed by atoms with Crippen LogP contribution in [0.1, 0.15) is 22.7 Å². The molecule has 0 radical (unpaired) electrons. The highest BCUT2D eigenvalue weighted by molar-refractivity contribution is 6.47. The largest absolute Gasteiger partial charge is 0.507 e. The Labute approximate surface area is 229 Å². The van der Waals surface area contributed by atoms with Crippen LogP contribution in [-0.4, -0.2) is 47.4 Å². The molecule has 1 aliphatic heterocycles. The van der Waals surface area contributed by atoms with E-state index in [1.165, 1.54) is 12.0 Å². The van der Waals surface area contributed by atoms with Crippen molar-refractivity contribution in [1.82, 2.24) is 9.88 Å². The summed E-state index contributed by atoms with van der Waals surface area (Å²) in [5.41, 5.74) is 2.72. The minimum Gasteiger partial charge on any atom is -0.507 e. The molecule has 0 aliphatic carbocycles. The van der Waals surface area contributed by atoms with Gasteiger partial charge in [0.25, 0.3) is 11.7 Å². The number of hydrogen-bond acceptors (Lipinski definition) is 5. The summed E-state index contributed by atoms with van der Waals surface area (Å²) >= 11 is 12.7. The van der Waals surface area contributed by atoms with Crippen molar-refractivity contribution in [3.8, 4) is 11.5 Å². The first-order chi connectivity index (χ1) is 18.3. The van der Waals surface area contributed by atoms with E-state index in [2.05, 4.69) is 4.98 Å². The normalized spacial score (nSPS) is 16.8. The Balaban J connectivity index is 1.57. The fourth-order valence-electron chi connectivity index (χ4n) is 4.79. The standard InChI is InChI=1S/C29H24Cl2N2O5/c1-37-19-6-3-16(4-7-19)27(34)25-26(21-9-5-18(30)13-23(21)31)33(29(36)28(25)35)12-11-17-15-32-24-10-8-20(38-2)14-22(17)24/h3-10,13-15,26,32,34H,11-12H2,1-2H3/t26-/m1/s1. The highest BCUT2D eigenvalue weighted by atomic mass is 35.5. The number of nitrogens with one attached hydrogen (secondary N) is 1. The summed E-state index contributed by atoms with van der Waals surface area (Å²) in [6, 6.07) is 16.3. The van der Waals surface area contributed by atoms with E-state index < -0.39 is 17.7 Å². The van der Waals surface area contributed by atoms with Crippen LogP contribution < -0.4 is 9.47 Å². The quantitative estimate of drug-likeness (QED) is 0.163. The lowest BCUT2D eigenvalue weighted by Crippen LogP contribution is -2.31. The van der Waals surface area contributed by atoms with Gasteiger partial charge in [0.1, 0.15) is 17.3 Å². The molecule has 0 unspecified atom stereocenters. The number of methoxy groups -OCH3 is 2. The zero-order valence-electron chi connectivity index (χ0n) is 20.6. The lowest BCUT2D eigenvalue weighted by Gasteiger charge is -2.26. The van der Waals surface area contributed by atoms with Crippen LogP contribution in [-0.2, 0) is 16.0 Å². The highest BCUT2D eigenvalue weighted by Crippen LogP contribution is 2.42. The van der Waals surface area contributed by atoms with Gasteiger partial charge in [-0.05, 0) is 72.1 Å². The van der Waals surface area contributed by atoms with Crippen molar-refractivity contribution in [3.63, 3.8) is 0 Å². The Morgan fingerprint density at radius 1 is 0.974 bits per heavy atom. The Kier molecular flexibility index (Phi) is 7.06. The maximum atomic E-state index is 13.4. The molecular weight excluding hydrogens is 527 g/mol. The number of carbonyl (C=O) groups excluding carboxylic acids is 2. The van der Waals surface area contributed by atoms with Gasteiger partial charge < -0.3 is 24.5 Å². The van der Waals surface area contributed by atoms with E-state index in [-0.39, 0.29) is 22.9 Å². The molecule has 4 aromatic rings. The summed E-state index contributed by atoms with van der Waals surface area (Å²) in [4.78, 5) is 31.4. The maximum Gasteiger partial charge on any atom is 0.295 e. The molecule has 1 atom stereocenters. The number of aromatic amines is 1. The summed E-state index contributed by atoms with van der Waals surface area (Å²) < 4.78 is 10.6. The minimum atomic E-state index is -0.901. The molecule has 1 aromatic heterocycles. The van der Waals surface area contributed by atoms with Crippen molar-refractivity contribution in [2.75, 3.05) is 20.8 Å². The van der Waals surface area contributed by atoms with Gasteiger partial charge >= 0.3 is 0 Å². The number of aliphatic hydroxyl groups excluding tert-OH is 1. The van der Waals surface area contributed by atoms with E-state index in [1.807, 2.05) is 24.4 Å². The number of amides is 1. The van der Waals surface area contributed by atoms with E-state index in [0.717, 1.165) is 16.5 Å². The first-order valence-corrected chi connectivity index (χ1v) is 12.6. The summed E-state index contributed by atoms with van der Waals surface area (Å²) in [5, 5.41) is 12.9. The zero-order valence-corrected chi connectivity index (χ0v) is 22.1. The molecule has 2 heterocycles. The van der Waals surface area contributed by atoms with Crippen molar-refractivity contribution in [3.05, 3.63) is 99.2 Å². The average Bonchev–Trinajstić information content (AvgIpc) is 3.44. The van der Waals surface area contributed by atoms with Crippen molar-refractivity contribution in [1.29, 1.82) is 0 Å². The van der Waals surface area contributed by atoms with Gasteiger partial charge in [0.05, 0.1) is 25.8 Å². The summed E-state index contributed by atoms with van der Waals surface area (Å²) in [6.07, 6.45) is 2.33. The van der Waals surface area contributed by atoms with Crippen LogP contribution in [0.3, 0.4) is 0 Å². The lowest BCUT2D eigenvalue weighted by molar-refractivity contribution is -0.139. The SMILES string of the molecule is COc1ccc(C(O)=C2C(=O)C(=O)N(CCc3c[nH]c4ccc(OC)cc34)[C@@H]2c2ccc(Cl)cc2Cl)cc1. The van der Waals surface area contributed by atoms with Crippen molar-refractivity contribution in [2.24, 2.45) is 0 Å². The van der Waals surface area contributed by atoms with Crippen LogP contribution in [0.2, 0.25) is 10.0 Å². The number of Topliss-reactive ketones (excluding diaryl/α,β-unsaturated/α-hetero) is 1. The number of rotatable bonds is 7. The maximum absolute atomic E-state index is 13.4. The number of nitrogens with zero attached hydrogens (tertiary/aromatic N) is 1. The predicted octanol–water partition coefficient (Wildman–Crippen LogP) is 6.16.